The molecular weight excluding hydrogens is 194 g/mol. The predicted octanol–water partition coefficient (Wildman–Crippen LogP) is 0.790. The third-order valence-electron chi connectivity index (χ3n) is 1.73. The molecule has 2 rings (SSSR count). The molecule has 4 heteroatoms. The Balaban J connectivity index is 2.23. The maximum atomic E-state index is 4.17. The van der Waals surface area contributed by atoms with E-state index >= 15 is 0 Å². The Morgan fingerprint density at radius 1 is 1.70 bits per heavy atom. The highest BCUT2D eigenvalue weighted by Gasteiger charge is 2.20. The molecule has 0 unspecified atom stereocenters. The van der Waals surface area contributed by atoms with Crippen molar-refractivity contribution in [2.75, 3.05) is 13.1 Å². The number of nitrogens with one attached hydrogen (secondary N) is 1. The molecule has 0 atom stereocenters. The van der Waals surface area contributed by atoms with Crippen molar-refractivity contribution in [2.24, 2.45) is 0 Å². The molecule has 1 saturated heterocycles. The lowest BCUT2D eigenvalue weighted by Crippen LogP contribution is -2.43. The minimum absolute atomic E-state index is 0.560. The number of hydrogen-bond donors (Lipinski definition) is 1. The first kappa shape index (κ1) is 6.37. The van der Waals surface area contributed by atoms with Gasteiger partial charge < -0.3 is 5.32 Å². The van der Waals surface area contributed by atoms with Gasteiger partial charge in [-0.2, -0.15) is 5.10 Å². The first-order valence-electron chi connectivity index (χ1n) is 3.27. The molecule has 0 saturated carbocycles. The van der Waals surface area contributed by atoms with Gasteiger partial charge in [-0.3, -0.25) is 4.68 Å². The van der Waals surface area contributed by atoms with Crippen LogP contribution in [0.3, 0.4) is 0 Å². The maximum Gasteiger partial charge on any atom is 0.104 e. The highest BCUT2D eigenvalue weighted by atomic mass is 79.9. The molecule has 1 fully saturated rings. The molecule has 0 aliphatic carbocycles. The summed E-state index contributed by atoms with van der Waals surface area (Å²) in [5.74, 6) is 0. The molecule has 0 amide bonds. The van der Waals surface area contributed by atoms with Crippen LogP contribution in [0, 0.1) is 0 Å². The zero-order chi connectivity index (χ0) is 6.97. The lowest BCUT2D eigenvalue weighted by atomic mass is 10.2. The highest BCUT2D eigenvalue weighted by Crippen LogP contribution is 2.17. The third-order valence-corrected chi connectivity index (χ3v) is 2.36. The second kappa shape index (κ2) is 2.36. The Morgan fingerprint density at radius 3 is 2.90 bits per heavy atom. The van der Waals surface area contributed by atoms with Crippen molar-refractivity contribution in [1.82, 2.24) is 15.1 Å². The lowest BCUT2D eigenvalue weighted by Gasteiger charge is -2.27. The summed E-state index contributed by atoms with van der Waals surface area (Å²) >= 11 is 3.41. The van der Waals surface area contributed by atoms with Crippen LogP contribution in [0.1, 0.15) is 6.04 Å². The van der Waals surface area contributed by atoms with Crippen LogP contribution < -0.4 is 5.32 Å². The van der Waals surface area contributed by atoms with Crippen LogP contribution in [-0.4, -0.2) is 22.9 Å². The van der Waals surface area contributed by atoms with Crippen LogP contribution in [0.2, 0.25) is 0 Å². The van der Waals surface area contributed by atoms with Crippen molar-refractivity contribution in [3.05, 3.63) is 16.9 Å². The Hall–Kier alpha value is -0.350. The number of halogens is 1. The Bertz CT molecular complexity index is 229. The summed E-state index contributed by atoms with van der Waals surface area (Å²) in [6.07, 6.45) is 1.81. The molecule has 2 heterocycles. The molecule has 0 bridgehead atoms. The molecule has 1 aliphatic rings. The van der Waals surface area contributed by atoms with Crippen LogP contribution in [0.4, 0.5) is 0 Å². The van der Waals surface area contributed by atoms with Crippen molar-refractivity contribution < 1.29 is 0 Å². The summed E-state index contributed by atoms with van der Waals surface area (Å²) in [7, 11) is 0. The number of aromatic nitrogens is 2. The predicted molar refractivity (Wildman–Crippen MR) is 41.8 cm³/mol. The Labute approximate surface area is 67.5 Å². The van der Waals surface area contributed by atoms with E-state index in [1.54, 1.807) is 0 Å². The molecule has 0 radical (unpaired) electrons. The maximum absolute atomic E-state index is 4.17. The van der Waals surface area contributed by atoms with E-state index in [9.17, 15) is 0 Å². The smallest absolute Gasteiger partial charge is 0.104 e. The highest BCUT2D eigenvalue weighted by molar-refractivity contribution is 9.10. The van der Waals surface area contributed by atoms with E-state index in [1.807, 2.05) is 16.9 Å². The summed E-state index contributed by atoms with van der Waals surface area (Å²) in [5.41, 5.74) is 0. The minimum Gasteiger partial charge on any atom is -0.312 e. The second-order valence-corrected chi connectivity index (χ2v) is 3.22. The van der Waals surface area contributed by atoms with Gasteiger partial charge in [-0.05, 0) is 22.0 Å². The van der Waals surface area contributed by atoms with Gasteiger partial charge in [-0.1, -0.05) is 0 Å². The molecule has 10 heavy (non-hydrogen) atoms. The van der Waals surface area contributed by atoms with Crippen molar-refractivity contribution in [2.45, 2.75) is 6.04 Å². The minimum atomic E-state index is 0.560. The molecule has 3 nitrogen and oxygen atoms in total. The van der Waals surface area contributed by atoms with Crippen LogP contribution in [-0.2, 0) is 0 Å². The standard InChI is InChI=1S/C6H8BrN3/c7-6-1-2-9-10(6)5-3-8-4-5/h1-2,5,8H,3-4H2. The van der Waals surface area contributed by atoms with Crippen LogP contribution in [0.5, 0.6) is 0 Å². The van der Waals surface area contributed by atoms with Gasteiger partial charge in [0, 0.05) is 13.1 Å². The van der Waals surface area contributed by atoms with Gasteiger partial charge in [-0.15, -0.1) is 0 Å². The quantitative estimate of drug-likeness (QED) is 0.729. The van der Waals surface area contributed by atoms with E-state index in [4.69, 9.17) is 0 Å². The molecule has 0 spiro atoms. The molecule has 1 aromatic heterocycles. The summed E-state index contributed by atoms with van der Waals surface area (Å²) in [6, 6.07) is 2.52. The third kappa shape index (κ3) is 0.876. The average molecular weight is 202 g/mol. The largest absolute Gasteiger partial charge is 0.312 e. The van der Waals surface area contributed by atoms with Crippen molar-refractivity contribution in [1.29, 1.82) is 0 Å². The fourth-order valence-corrected chi connectivity index (χ4v) is 1.51. The first-order chi connectivity index (χ1) is 4.88. The molecule has 1 aliphatic heterocycles. The summed E-state index contributed by atoms with van der Waals surface area (Å²) in [4.78, 5) is 0. The SMILES string of the molecule is Brc1ccnn1C1CNC1. The Morgan fingerprint density at radius 2 is 2.50 bits per heavy atom. The molecule has 1 N–H and O–H groups in total. The average Bonchev–Trinajstić information content (AvgIpc) is 2.12. The fourth-order valence-electron chi connectivity index (χ4n) is 1.01. The van der Waals surface area contributed by atoms with Crippen LogP contribution in [0.15, 0.2) is 16.9 Å². The van der Waals surface area contributed by atoms with Crippen LogP contribution in [0.25, 0.3) is 0 Å². The van der Waals surface area contributed by atoms with Crippen molar-refractivity contribution >= 4 is 15.9 Å². The van der Waals surface area contributed by atoms with E-state index < -0.39 is 0 Å². The number of rotatable bonds is 1. The van der Waals surface area contributed by atoms with Gasteiger partial charge >= 0.3 is 0 Å². The van der Waals surface area contributed by atoms with E-state index in [0.717, 1.165) is 17.7 Å². The Kier molecular flexibility index (Phi) is 1.50. The molecule has 0 aromatic carbocycles. The van der Waals surface area contributed by atoms with E-state index in [2.05, 4.69) is 26.3 Å². The molecule has 1 aromatic rings. The summed E-state index contributed by atoms with van der Waals surface area (Å²) < 4.78 is 3.07. The van der Waals surface area contributed by atoms with E-state index in [-0.39, 0.29) is 0 Å². The zero-order valence-corrected chi connectivity index (χ0v) is 7.00. The summed E-state index contributed by atoms with van der Waals surface area (Å²) in [6.45, 7) is 2.08. The van der Waals surface area contributed by atoms with Crippen molar-refractivity contribution in [3.63, 3.8) is 0 Å². The van der Waals surface area contributed by atoms with Gasteiger partial charge in [0.2, 0.25) is 0 Å². The number of hydrogen-bond acceptors (Lipinski definition) is 2. The second-order valence-electron chi connectivity index (χ2n) is 2.41. The van der Waals surface area contributed by atoms with E-state index in [0.29, 0.717) is 6.04 Å². The van der Waals surface area contributed by atoms with Gasteiger partial charge in [0.05, 0.1) is 12.2 Å². The van der Waals surface area contributed by atoms with Gasteiger partial charge in [0.1, 0.15) is 4.60 Å². The normalized spacial score (nSPS) is 18.9. The fraction of sp³-hybridized carbons (Fsp3) is 0.500. The zero-order valence-electron chi connectivity index (χ0n) is 5.42. The monoisotopic (exact) mass is 201 g/mol. The summed E-state index contributed by atoms with van der Waals surface area (Å²) in [5, 5.41) is 7.36. The lowest BCUT2D eigenvalue weighted by molar-refractivity contribution is 0.313. The molecular formula is C6H8BrN3. The number of nitrogens with zero attached hydrogens (tertiary/aromatic N) is 2. The molecule has 54 valence electrons. The van der Waals surface area contributed by atoms with Crippen LogP contribution >= 0.6 is 15.9 Å². The van der Waals surface area contributed by atoms with E-state index in [1.165, 1.54) is 0 Å². The van der Waals surface area contributed by atoms with Crippen molar-refractivity contribution in [3.8, 4) is 0 Å². The van der Waals surface area contributed by atoms with Gasteiger partial charge in [-0.25, -0.2) is 0 Å². The van der Waals surface area contributed by atoms with Gasteiger partial charge in [0.25, 0.3) is 0 Å². The topological polar surface area (TPSA) is 29.9 Å². The first-order valence-corrected chi connectivity index (χ1v) is 4.07. The van der Waals surface area contributed by atoms with Gasteiger partial charge in [0.15, 0.2) is 0 Å².